The second-order valence-corrected chi connectivity index (χ2v) is 6.07. The number of hydrogen-bond acceptors (Lipinski definition) is 2. The van der Waals surface area contributed by atoms with Gasteiger partial charge >= 0.3 is 0 Å². The minimum atomic E-state index is 0.542. The summed E-state index contributed by atoms with van der Waals surface area (Å²) in [5, 5.41) is 2.34. The van der Waals surface area contributed by atoms with Gasteiger partial charge in [0.25, 0.3) is 0 Å². The Morgan fingerprint density at radius 3 is 2.35 bits per heavy atom. The van der Waals surface area contributed by atoms with Crippen LogP contribution >= 0.6 is 0 Å². The third-order valence-electron chi connectivity index (χ3n) is 4.27. The largest absolute Gasteiger partial charge is 0.488 e. The van der Waals surface area contributed by atoms with Crippen molar-refractivity contribution < 1.29 is 4.74 Å². The molecule has 0 aliphatic rings. The summed E-state index contributed by atoms with van der Waals surface area (Å²) in [6.07, 6.45) is 1.88. The predicted molar refractivity (Wildman–Crippen MR) is 108 cm³/mol. The summed E-state index contributed by atoms with van der Waals surface area (Å²) in [6.45, 7) is 0.542. The lowest BCUT2D eigenvalue weighted by Gasteiger charge is -2.09. The van der Waals surface area contributed by atoms with Gasteiger partial charge in [-0.2, -0.15) is 0 Å². The van der Waals surface area contributed by atoms with Gasteiger partial charge in [0, 0.05) is 17.2 Å². The van der Waals surface area contributed by atoms with Crippen molar-refractivity contribution in [3.63, 3.8) is 0 Å². The van der Waals surface area contributed by atoms with E-state index >= 15 is 0 Å². The zero-order valence-corrected chi connectivity index (χ0v) is 14.4. The fourth-order valence-electron chi connectivity index (χ4n) is 2.91. The second kappa shape index (κ2) is 7.66. The van der Waals surface area contributed by atoms with Crippen LogP contribution in [-0.2, 0) is 6.61 Å². The molecule has 0 amide bonds. The number of rotatable bonds is 5. The summed E-state index contributed by atoms with van der Waals surface area (Å²) >= 11 is 0. The maximum absolute atomic E-state index is 6.01. The Morgan fingerprint density at radius 1 is 0.692 bits per heavy atom. The number of fused-ring (bicyclic) bond motifs is 1. The molecule has 0 fully saturated rings. The van der Waals surface area contributed by atoms with E-state index in [1.807, 2.05) is 72.9 Å². The molecule has 0 saturated carbocycles. The van der Waals surface area contributed by atoms with Gasteiger partial charge in [-0.15, -0.1) is 0 Å². The van der Waals surface area contributed by atoms with Gasteiger partial charge in [-0.3, -0.25) is 4.99 Å². The Morgan fingerprint density at radius 2 is 1.42 bits per heavy atom. The molecule has 0 heterocycles. The highest BCUT2D eigenvalue weighted by Crippen LogP contribution is 2.26. The Kier molecular flexibility index (Phi) is 4.74. The van der Waals surface area contributed by atoms with Crippen LogP contribution in [0.15, 0.2) is 102 Å². The molecule has 4 aromatic rings. The highest BCUT2D eigenvalue weighted by Gasteiger charge is 2.02. The zero-order valence-electron chi connectivity index (χ0n) is 14.4. The van der Waals surface area contributed by atoms with Crippen molar-refractivity contribution in [2.75, 3.05) is 0 Å². The van der Waals surface area contributed by atoms with Crippen LogP contribution in [0.3, 0.4) is 0 Å². The van der Waals surface area contributed by atoms with Gasteiger partial charge in [0.05, 0.1) is 5.69 Å². The highest BCUT2D eigenvalue weighted by atomic mass is 16.5. The number of hydrogen-bond donors (Lipinski definition) is 0. The average molecular weight is 337 g/mol. The smallest absolute Gasteiger partial charge is 0.128 e. The highest BCUT2D eigenvalue weighted by molar-refractivity contribution is 5.95. The van der Waals surface area contributed by atoms with Gasteiger partial charge in [0.15, 0.2) is 0 Å². The van der Waals surface area contributed by atoms with Crippen molar-refractivity contribution in [1.82, 2.24) is 0 Å². The molecule has 0 spiro atoms. The van der Waals surface area contributed by atoms with Gasteiger partial charge in [-0.1, -0.05) is 78.9 Å². The van der Waals surface area contributed by atoms with Gasteiger partial charge in [-0.05, 0) is 29.1 Å². The van der Waals surface area contributed by atoms with Crippen LogP contribution in [-0.4, -0.2) is 6.21 Å². The topological polar surface area (TPSA) is 21.6 Å². The molecule has 26 heavy (non-hydrogen) atoms. The fourth-order valence-corrected chi connectivity index (χ4v) is 2.91. The molecule has 0 atom stereocenters. The van der Waals surface area contributed by atoms with E-state index in [1.165, 1.54) is 5.39 Å². The predicted octanol–water partition coefficient (Wildman–Crippen LogP) is 6.17. The number of benzene rings is 4. The van der Waals surface area contributed by atoms with Crippen molar-refractivity contribution in [3.8, 4) is 5.75 Å². The molecule has 0 unspecified atom stereocenters. The second-order valence-electron chi connectivity index (χ2n) is 6.07. The summed E-state index contributed by atoms with van der Waals surface area (Å²) < 4.78 is 6.01. The van der Waals surface area contributed by atoms with Crippen LogP contribution in [0.5, 0.6) is 5.75 Å². The molecule has 0 aromatic heterocycles. The molecule has 4 rings (SSSR count). The van der Waals surface area contributed by atoms with Crippen molar-refractivity contribution in [2.45, 2.75) is 6.61 Å². The maximum Gasteiger partial charge on any atom is 0.128 e. The normalized spacial score (nSPS) is 11.1. The van der Waals surface area contributed by atoms with Gasteiger partial charge in [0.2, 0.25) is 0 Å². The van der Waals surface area contributed by atoms with E-state index in [2.05, 4.69) is 30.3 Å². The quantitative estimate of drug-likeness (QED) is 0.399. The third-order valence-corrected chi connectivity index (χ3v) is 4.27. The van der Waals surface area contributed by atoms with Crippen LogP contribution in [0.2, 0.25) is 0 Å². The minimum absolute atomic E-state index is 0.542. The molecule has 2 nitrogen and oxygen atoms in total. The van der Waals surface area contributed by atoms with Crippen LogP contribution in [0.4, 0.5) is 5.69 Å². The van der Waals surface area contributed by atoms with E-state index in [1.54, 1.807) is 0 Å². The monoisotopic (exact) mass is 337 g/mol. The van der Waals surface area contributed by atoms with Crippen molar-refractivity contribution in [1.29, 1.82) is 0 Å². The summed E-state index contributed by atoms with van der Waals surface area (Å²) in [7, 11) is 0. The molecule has 0 bridgehead atoms. The molecule has 0 saturated heterocycles. The van der Waals surface area contributed by atoms with Crippen molar-refractivity contribution in [3.05, 3.63) is 108 Å². The molecular weight excluding hydrogens is 318 g/mol. The van der Waals surface area contributed by atoms with Crippen molar-refractivity contribution >= 4 is 22.7 Å². The Balaban J connectivity index is 1.59. The Bertz CT molecular complexity index is 1030. The van der Waals surface area contributed by atoms with E-state index < -0.39 is 0 Å². The number of aliphatic imine (C=N–C) groups is 1. The first kappa shape index (κ1) is 16.1. The SMILES string of the molecule is C(=Nc1cccc2ccccc12)c1ccccc1OCc1ccccc1. The van der Waals surface area contributed by atoms with Crippen LogP contribution in [0.25, 0.3) is 10.8 Å². The molecular formula is C24H19NO. The van der Waals surface area contributed by atoms with E-state index in [-0.39, 0.29) is 0 Å². The first-order valence-electron chi connectivity index (χ1n) is 8.68. The van der Waals surface area contributed by atoms with E-state index in [0.717, 1.165) is 28.0 Å². The van der Waals surface area contributed by atoms with Crippen LogP contribution in [0, 0.1) is 0 Å². The average Bonchev–Trinajstić information content (AvgIpc) is 2.72. The zero-order chi connectivity index (χ0) is 17.6. The summed E-state index contributed by atoms with van der Waals surface area (Å²) in [5.74, 6) is 0.834. The van der Waals surface area contributed by atoms with E-state index in [0.29, 0.717) is 6.61 Å². The van der Waals surface area contributed by atoms with Gasteiger partial charge in [-0.25, -0.2) is 0 Å². The van der Waals surface area contributed by atoms with E-state index in [9.17, 15) is 0 Å². The Hall–Kier alpha value is -3.39. The summed E-state index contributed by atoms with van der Waals surface area (Å²) in [6, 6.07) is 32.6. The molecule has 4 aromatic carbocycles. The maximum atomic E-state index is 6.01. The van der Waals surface area contributed by atoms with E-state index in [4.69, 9.17) is 9.73 Å². The minimum Gasteiger partial charge on any atom is -0.488 e. The summed E-state index contributed by atoms with van der Waals surface area (Å²) in [5.41, 5.74) is 3.07. The molecule has 0 radical (unpaired) electrons. The lowest BCUT2D eigenvalue weighted by molar-refractivity contribution is 0.306. The van der Waals surface area contributed by atoms with Crippen molar-refractivity contribution in [2.24, 2.45) is 4.99 Å². The molecule has 0 N–H and O–H groups in total. The fraction of sp³-hybridized carbons (Fsp3) is 0.0417. The number of nitrogens with zero attached hydrogens (tertiary/aromatic N) is 1. The number of para-hydroxylation sites is 1. The number of ether oxygens (including phenoxy) is 1. The van der Waals surface area contributed by atoms with Crippen LogP contribution < -0.4 is 4.74 Å². The van der Waals surface area contributed by atoms with Gasteiger partial charge < -0.3 is 4.74 Å². The molecule has 0 aliphatic carbocycles. The van der Waals surface area contributed by atoms with Crippen LogP contribution in [0.1, 0.15) is 11.1 Å². The molecule has 126 valence electrons. The lowest BCUT2D eigenvalue weighted by atomic mass is 10.1. The first-order chi connectivity index (χ1) is 12.9. The molecule has 0 aliphatic heterocycles. The third kappa shape index (κ3) is 3.65. The first-order valence-corrected chi connectivity index (χ1v) is 8.68. The standard InChI is InChI=1S/C24H19NO/c1-2-9-19(10-3-1)18-26-24-16-7-5-12-21(24)17-25-23-15-8-13-20-11-4-6-14-22(20)23/h1-17H,18H2. The Labute approximate surface area is 153 Å². The van der Waals surface area contributed by atoms with Gasteiger partial charge in [0.1, 0.15) is 12.4 Å². The summed E-state index contributed by atoms with van der Waals surface area (Å²) in [4.78, 5) is 4.72. The lowest BCUT2D eigenvalue weighted by Crippen LogP contribution is -1.98. The molecule has 2 heteroatoms.